The molecule has 0 aliphatic carbocycles. The van der Waals surface area contributed by atoms with E-state index in [1.807, 2.05) is 0 Å². The van der Waals surface area contributed by atoms with Gasteiger partial charge >= 0.3 is 6.18 Å². The van der Waals surface area contributed by atoms with Crippen LogP contribution in [0, 0.1) is 6.92 Å². The molecule has 0 atom stereocenters. The number of aromatic nitrogens is 3. The molecular weight excluding hydrogens is 227 g/mol. The first kappa shape index (κ1) is 11.3. The quantitative estimate of drug-likeness (QED) is 0.769. The van der Waals surface area contributed by atoms with E-state index in [1.54, 1.807) is 0 Å². The third-order valence-electron chi connectivity index (χ3n) is 2.12. The van der Waals surface area contributed by atoms with Crippen LogP contribution < -0.4 is 0 Å². The van der Waals surface area contributed by atoms with E-state index in [9.17, 15) is 13.2 Å². The molecule has 0 bridgehead atoms. The van der Waals surface area contributed by atoms with Gasteiger partial charge in [0.1, 0.15) is 5.82 Å². The lowest BCUT2D eigenvalue weighted by atomic mass is 10.6. The van der Waals surface area contributed by atoms with E-state index in [4.69, 9.17) is 9.47 Å². The first-order chi connectivity index (χ1) is 7.47. The molecular formula is C8H10F3N3O2. The van der Waals surface area contributed by atoms with E-state index < -0.39 is 18.3 Å². The minimum atomic E-state index is -4.52. The summed E-state index contributed by atoms with van der Waals surface area (Å²) in [7, 11) is 0. The van der Waals surface area contributed by atoms with Crippen LogP contribution in [0.1, 0.15) is 11.6 Å². The van der Waals surface area contributed by atoms with Crippen molar-refractivity contribution in [2.24, 2.45) is 0 Å². The average molecular weight is 237 g/mol. The van der Waals surface area contributed by atoms with Crippen LogP contribution in [0.3, 0.4) is 0 Å². The molecule has 0 saturated carbocycles. The number of hydrogen-bond donors (Lipinski definition) is 0. The van der Waals surface area contributed by atoms with E-state index in [0.717, 1.165) is 4.68 Å². The van der Waals surface area contributed by atoms with Gasteiger partial charge in [-0.25, -0.2) is 9.67 Å². The Kier molecular flexibility index (Phi) is 2.85. The second kappa shape index (κ2) is 4.02. The molecule has 2 rings (SSSR count). The van der Waals surface area contributed by atoms with Crippen molar-refractivity contribution in [3.8, 4) is 0 Å². The predicted molar refractivity (Wildman–Crippen MR) is 45.5 cm³/mol. The lowest BCUT2D eigenvalue weighted by molar-refractivity contribution is -0.145. The van der Waals surface area contributed by atoms with E-state index in [-0.39, 0.29) is 12.4 Å². The van der Waals surface area contributed by atoms with Crippen LogP contribution in [0.4, 0.5) is 13.2 Å². The zero-order chi connectivity index (χ0) is 11.8. The van der Waals surface area contributed by atoms with Gasteiger partial charge in [0.25, 0.3) is 5.82 Å². The van der Waals surface area contributed by atoms with Crippen molar-refractivity contribution in [3.63, 3.8) is 0 Å². The molecule has 8 heteroatoms. The molecule has 1 aliphatic heterocycles. The van der Waals surface area contributed by atoms with E-state index in [0.29, 0.717) is 13.2 Å². The van der Waals surface area contributed by atoms with Crippen LogP contribution in [0.5, 0.6) is 0 Å². The van der Waals surface area contributed by atoms with Gasteiger partial charge in [-0.15, -0.1) is 5.10 Å². The van der Waals surface area contributed by atoms with Gasteiger partial charge in [0.2, 0.25) is 0 Å². The summed E-state index contributed by atoms with van der Waals surface area (Å²) in [5.74, 6) is -0.950. The van der Waals surface area contributed by atoms with Gasteiger partial charge in [0.05, 0.1) is 19.8 Å². The van der Waals surface area contributed by atoms with Crippen molar-refractivity contribution in [3.05, 3.63) is 11.6 Å². The number of nitrogens with zero attached hydrogens (tertiary/aromatic N) is 3. The van der Waals surface area contributed by atoms with Crippen LogP contribution >= 0.6 is 0 Å². The summed E-state index contributed by atoms with van der Waals surface area (Å²) in [6, 6.07) is 0. The summed E-state index contributed by atoms with van der Waals surface area (Å²) >= 11 is 0. The minimum absolute atomic E-state index is 0.120. The molecule has 90 valence electrons. The normalized spacial score (nSPS) is 18.2. The first-order valence-electron chi connectivity index (χ1n) is 4.68. The van der Waals surface area contributed by atoms with Crippen LogP contribution in [-0.2, 0) is 22.2 Å². The lowest BCUT2D eigenvalue weighted by Gasteiger charge is -2.09. The Bertz CT molecular complexity index is 371. The Labute approximate surface area is 89.2 Å². The van der Waals surface area contributed by atoms with E-state index >= 15 is 0 Å². The third-order valence-corrected chi connectivity index (χ3v) is 2.12. The first-order valence-corrected chi connectivity index (χ1v) is 4.68. The molecule has 5 nitrogen and oxygen atoms in total. The fraction of sp³-hybridized carbons (Fsp3) is 0.750. The van der Waals surface area contributed by atoms with E-state index in [2.05, 4.69) is 10.1 Å². The van der Waals surface area contributed by atoms with Crippen LogP contribution in [-0.4, -0.2) is 34.3 Å². The average Bonchev–Trinajstić information content (AvgIpc) is 2.76. The molecule has 0 amide bonds. The molecule has 0 spiro atoms. The highest BCUT2D eigenvalue weighted by Gasteiger charge is 2.36. The maximum atomic E-state index is 12.3. The Balaban J connectivity index is 2.12. The Morgan fingerprint density at radius 1 is 1.38 bits per heavy atom. The van der Waals surface area contributed by atoms with Gasteiger partial charge in [-0.05, 0) is 6.92 Å². The number of aryl methyl sites for hydroxylation is 1. The summed E-state index contributed by atoms with van der Waals surface area (Å²) in [5.41, 5.74) is 0. The number of ether oxygens (including phenoxy) is 2. The largest absolute Gasteiger partial charge is 0.453 e. The summed E-state index contributed by atoms with van der Waals surface area (Å²) in [4.78, 5) is 3.34. The van der Waals surface area contributed by atoms with E-state index in [1.165, 1.54) is 6.92 Å². The maximum Gasteiger partial charge on any atom is 0.453 e. The van der Waals surface area contributed by atoms with Crippen molar-refractivity contribution in [2.75, 3.05) is 13.2 Å². The minimum Gasteiger partial charge on any atom is -0.348 e. The predicted octanol–water partition coefficient (Wildman–Crippen LogP) is 0.978. The highest BCUT2D eigenvalue weighted by atomic mass is 19.4. The zero-order valence-electron chi connectivity index (χ0n) is 8.49. The Morgan fingerprint density at radius 3 is 2.50 bits per heavy atom. The highest BCUT2D eigenvalue weighted by molar-refractivity contribution is 4.94. The monoisotopic (exact) mass is 237 g/mol. The van der Waals surface area contributed by atoms with Crippen molar-refractivity contribution in [1.82, 2.24) is 14.8 Å². The molecule has 1 aliphatic rings. The molecule has 1 aromatic rings. The summed E-state index contributed by atoms with van der Waals surface area (Å²) in [6.45, 7) is 2.47. The fourth-order valence-corrected chi connectivity index (χ4v) is 1.37. The zero-order valence-corrected chi connectivity index (χ0v) is 8.49. The second-order valence-corrected chi connectivity index (χ2v) is 3.33. The van der Waals surface area contributed by atoms with Gasteiger partial charge in [0.15, 0.2) is 6.29 Å². The topological polar surface area (TPSA) is 49.2 Å². The van der Waals surface area contributed by atoms with Gasteiger partial charge in [-0.1, -0.05) is 0 Å². The molecule has 0 unspecified atom stereocenters. The van der Waals surface area contributed by atoms with Gasteiger partial charge in [-0.3, -0.25) is 0 Å². The molecule has 0 N–H and O–H groups in total. The van der Waals surface area contributed by atoms with Crippen molar-refractivity contribution >= 4 is 0 Å². The summed E-state index contributed by atoms with van der Waals surface area (Å²) < 4.78 is 48.2. The standard InChI is InChI=1S/C8H10F3N3O2/c1-5-12-7(8(9,10)11)13-14(5)4-6-15-2-3-16-6/h6H,2-4H2,1H3. The Morgan fingerprint density at radius 2 is 2.00 bits per heavy atom. The maximum absolute atomic E-state index is 12.3. The SMILES string of the molecule is Cc1nc(C(F)(F)F)nn1CC1OCCO1. The molecule has 1 fully saturated rings. The Hall–Kier alpha value is -1.15. The number of alkyl halides is 3. The second-order valence-electron chi connectivity index (χ2n) is 3.33. The number of halogens is 3. The van der Waals surface area contributed by atoms with Crippen LogP contribution in [0.2, 0.25) is 0 Å². The molecule has 0 radical (unpaired) electrons. The molecule has 2 heterocycles. The summed E-state index contributed by atoms with van der Waals surface area (Å²) in [6.07, 6.45) is -5.06. The molecule has 1 aromatic heterocycles. The van der Waals surface area contributed by atoms with Crippen LogP contribution in [0.15, 0.2) is 0 Å². The van der Waals surface area contributed by atoms with Gasteiger partial charge in [0, 0.05) is 0 Å². The molecule has 16 heavy (non-hydrogen) atoms. The van der Waals surface area contributed by atoms with Gasteiger partial charge in [-0.2, -0.15) is 13.2 Å². The van der Waals surface area contributed by atoms with Crippen molar-refractivity contribution in [2.45, 2.75) is 25.9 Å². The van der Waals surface area contributed by atoms with Crippen LogP contribution in [0.25, 0.3) is 0 Å². The lowest BCUT2D eigenvalue weighted by Crippen LogP contribution is -2.19. The molecule has 0 aromatic carbocycles. The number of rotatable bonds is 2. The van der Waals surface area contributed by atoms with Crippen molar-refractivity contribution in [1.29, 1.82) is 0 Å². The third kappa shape index (κ3) is 2.33. The van der Waals surface area contributed by atoms with Gasteiger partial charge < -0.3 is 9.47 Å². The van der Waals surface area contributed by atoms with Crippen molar-refractivity contribution < 1.29 is 22.6 Å². The number of hydrogen-bond acceptors (Lipinski definition) is 4. The molecule has 1 saturated heterocycles. The summed E-state index contributed by atoms with van der Waals surface area (Å²) in [5, 5.41) is 3.37. The highest BCUT2D eigenvalue weighted by Crippen LogP contribution is 2.26. The fourth-order valence-electron chi connectivity index (χ4n) is 1.37. The smallest absolute Gasteiger partial charge is 0.348 e.